The van der Waals surface area contributed by atoms with Gasteiger partial charge in [-0.15, -0.1) is 0 Å². The van der Waals surface area contributed by atoms with Gasteiger partial charge in [-0.3, -0.25) is 19.2 Å². The predicted molar refractivity (Wildman–Crippen MR) is 83.4 cm³/mol. The first-order chi connectivity index (χ1) is 10.7. The van der Waals surface area contributed by atoms with E-state index in [-0.39, 0.29) is 30.7 Å². The van der Waals surface area contributed by atoms with Gasteiger partial charge in [-0.25, -0.2) is 0 Å². The van der Waals surface area contributed by atoms with Gasteiger partial charge < -0.3 is 26.8 Å². The second kappa shape index (κ2) is 11.4. The molecule has 0 spiro atoms. The van der Waals surface area contributed by atoms with Crippen LogP contribution in [0.2, 0.25) is 0 Å². The van der Waals surface area contributed by atoms with Crippen molar-refractivity contribution in [3.63, 3.8) is 0 Å². The molecular formula is C14H26N4O5. The molecule has 0 aliphatic carbocycles. The van der Waals surface area contributed by atoms with Crippen molar-refractivity contribution in [1.82, 2.24) is 16.0 Å². The second-order valence-corrected chi connectivity index (χ2v) is 5.29. The number of carbonyl (C=O) groups excluding carboxylic acids is 3. The van der Waals surface area contributed by atoms with Crippen LogP contribution in [0.5, 0.6) is 0 Å². The molecule has 0 aromatic carbocycles. The van der Waals surface area contributed by atoms with Gasteiger partial charge in [0.05, 0.1) is 6.04 Å². The molecule has 0 fully saturated rings. The zero-order chi connectivity index (χ0) is 17.8. The molecule has 0 aliphatic rings. The lowest BCUT2D eigenvalue weighted by Gasteiger charge is -2.15. The van der Waals surface area contributed by atoms with Gasteiger partial charge in [0.15, 0.2) is 0 Å². The molecule has 0 heterocycles. The van der Waals surface area contributed by atoms with Crippen LogP contribution < -0.4 is 21.7 Å². The number of aliphatic carboxylic acids is 1. The number of hydrogen-bond acceptors (Lipinski definition) is 5. The molecule has 0 aliphatic heterocycles. The smallest absolute Gasteiger partial charge is 0.322 e. The van der Waals surface area contributed by atoms with Crippen LogP contribution in [0, 0.1) is 0 Å². The van der Waals surface area contributed by atoms with Crippen molar-refractivity contribution in [3.8, 4) is 0 Å². The summed E-state index contributed by atoms with van der Waals surface area (Å²) in [4.78, 5) is 44.5. The van der Waals surface area contributed by atoms with Gasteiger partial charge in [-0.1, -0.05) is 6.42 Å². The Kier molecular flexibility index (Phi) is 10.3. The van der Waals surface area contributed by atoms with Crippen LogP contribution in [0.1, 0.15) is 39.5 Å². The quantitative estimate of drug-likeness (QED) is 0.298. The normalized spacial score (nSPS) is 12.8. The summed E-state index contributed by atoms with van der Waals surface area (Å²) >= 11 is 0. The number of carboxylic acid groups (broad SMARTS) is 1. The fourth-order valence-corrected chi connectivity index (χ4v) is 1.62. The molecule has 23 heavy (non-hydrogen) atoms. The Morgan fingerprint density at radius 2 is 1.65 bits per heavy atom. The molecule has 0 rings (SSSR count). The van der Waals surface area contributed by atoms with E-state index in [1.165, 1.54) is 6.92 Å². The van der Waals surface area contributed by atoms with Crippen LogP contribution in [0.4, 0.5) is 0 Å². The average Bonchev–Trinajstić information content (AvgIpc) is 2.47. The standard InChI is InChI=1S/C14H26N4O5/c1-9(15)13(22)18-10(2)14(23)16-7-5-3-4-6-11(19)17-8-12(20)21/h9-10H,3-8,15H2,1-2H3,(H,16,23)(H,17,19)(H,18,22)(H,20,21)/t9-,10-/m0/s1. The number of nitrogens with one attached hydrogen (secondary N) is 3. The lowest BCUT2D eigenvalue weighted by Crippen LogP contribution is -2.49. The van der Waals surface area contributed by atoms with E-state index in [1.807, 2.05) is 0 Å². The molecule has 9 heteroatoms. The molecule has 6 N–H and O–H groups in total. The number of rotatable bonds is 11. The fraction of sp³-hybridized carbons (Fsp3) is 0.714. The summed E-state index contributed by atoms with van der Waals surface area (Å²) in [6.45, 7) is 3.17. The van der Waals surface area contributed by atoms with Gasteiger partial charge >= 0.3 is 5.97 Å². The molecule has 0 unspecified atom stereocenters. The number of unbranched alkanes of at least 4 members (excludes halogenated alkanes) is 2. The molecule has 0 saturated heterocycles. The highest BCUT2D eigenvalue weighted by Gasteiger charge is 2.16. The Morgan fingerprint density at radius 1 is 1.00 bits per heavy atom. The molecular weight excluding hydrogens is 304 g/mol. The van der Waals surface area contributed by atoms with E-state index in [0.29, 0.717) is 19.4 Å². The summed E-state index contributed by atoms with van der Waals surface area (Å²) in [5, 5.41) is 15.8. The Morgan fingerprint density at radius 3 is 2.22 bits per heavy atom. The minimum Gasteiger partial charge on any atom is -0.480 e. The first kappa shape index (κ1) is 20.8. The Balaban J connectivity index is 3.67. The van der Waals surface area contributed by atoms with E-state index in [4.69, 9.17) is 10.8 Å². The maximum atomic E-state index is 11.7. The van der Waals surface area contributed by atoms with Gasteiger partial charge in [0, 0.05) is 13.0 Å². The molecule has 0 aromatic rings. The third-order valence-corrected chi connectivity index (χ3v) is 2.98. The van der Waals surface area contributed by atoms with Crippen LogP contribution >= 0.6 is 0 Å². The highest BCUT2D eigenvalue weighted by atomic mass is 16.4. The number of carboxylic acids is 1. The molecule has 0 bridgehead atoms. The Labute approximate surface area is 135 Å². The van der Waals surface area contributed by atoms with Crippen molar-refractivity contribution in [1.29, 1.82) is 0 Å². The summed E-state index contributed by atoms with van der Waals surface area (Å²) < 4.78 is 0. The van der Waals surface area contributed by atoms with Crippen molar-refractivity contribution >= 4 is 23.7 Å². The van der Waals surface area contributed by atoms with Gasteiger partial charge in [0.2, 0.25) is 17.7 Å². The van der Waals surface area contributed by atoms with E-state index in [2.05, 4.69) is 16.0 Å². The molecule has 0 aromatic heterocycles. The number of nitrogens with two attached hydrogens (primary N) is 1. The summed E-state index contributed by atoms with van der Waals surface area (Å²) in [5.41, 5.74) is 5.39. The van der Waals surface area contributed by atoms with E-state index in [1.54, 1.807) is 6.92 Å². The lowest BCUT2D eigenvalue weighted by atomic mass is 10.2. The topological polar surface area (TPSA) is 151 Å². The van der Waals surface area contributed by atoms with Gasteiger partial charge in [0.1, 0.15) is 12.6 Å². The minimum absolute atomic E-state index is 0.252. The monoisotopic (exact) mass is 330 g/mol. The molecule has 9 nitrogen and oxygen atoms in total. The maximum Gasteiger partial charge on any atom is 0.322 e. The summed E-state index contributed by atoms with van der Waals surface area (Å²) in [5.74, 6) is -2.06. The zero-order valence-electron chi connectivity index (χ0n) is 13.6. The van der Waals surface area contributed by atoms with Crippen molar-refractivity contribution in [3.05, 3.63) is 0 Å². The third-order valence-electron chi connectivity index (χ3n) is 2.98. The third kappa shape index (κ3) is 11.1. The fourth-order valence-electron chi connectivity index (χ4n) is 1.62. The average molecular weight is 330 g/mol. The molecule has 132 valence electrons. The highest BCUT2D eigenvalue weighted by Crippen LogP contribution is 1.99. The summed E-state index contributed by atoms with van der Waals surface area (Å²) in [7, 11) is 0. The summed E-state index contributed by atoms with van der Waals surface area (Å²) in [6.07, 6.45) is 2.27. The van der Waals surface area contributed by atoms with Gasteiger partial charge in [-0.2, -0.15) is 0 Å². The van der Waals surface area contributed by atoms with Crippen LogP contribution in [-0.2, 0) is 19.2 Å². The van der Waals surface area contributed by atoms with Gasteiger partial charge in [0.25, 0.3) is 0 Å². The first-order valence-electron chi connectivity index (χ1n) is 7.56. The molecule has 0 saturated carbocycles. The van der Waals surface area contributed by atoms with Crippen LogP contribution in [0.25, 0.3) is 0 Å². The minimum atomic E-state index is -1.08. The van der Waals surface area contributed by atoms with E-state index < -0.39 is 18.1 Å². The van der Waals surface area contributed by atoms with Crippen LogP contribution in [0.3, 0.4) is 0 Å². The van der Waals surface area contributed by atoms with Crippen LogP contribution in [0.15, 0.2) is 0 Å². The zero-order valence-corrected chi connectivity index (χ0v) is 13.6. The second-order valence-electron chi connectivity index (χ2n) is 5.29. The number of carbonyl (C=O) groups is 4. The Bertz CT molecular complexity index is 425. The van der Waals surface area contributed by atoms with Crippen molar-refractivity contribution in [2.24, 2.45) is 5.73 Å². The number of amides is 3. The summed E-state index contributed by atoms with van der Waals surface area (Å²) in [6, 6.07) is -1.33. The SMILES string of the molecule is C[C@H](N)C(=O)N[C@@H](C)C(=O)NCCCCCC(=O)NCC(=O)O. The molecule has 3 amide bonds. The van der Waals surface area contributed by atoms with Crippen molar-refractivity contribution < 1.29 is 24.3 Å². The van der Waals surface area contributed by atoms with E-state index in [0.717, 1.165) is 6.42 Å². The largest absolute Gasteiger partial charge is 0.480 e. The van der Waals surface area contributed by atoms with Crippen molar-refractivity contribution in [2.75, 3.05) is 13.1 Å². The predicted octanol–water partition coefficient (Wildman–Crippen LogP) is -1.28. The maximum absolute atomic E-state index is 11.7. The first-order valence-corrected chi connectivity index (χ1v) is 7.56. The molecule has 2 atom stereocenters. The lowest BCUT2D eigenvalue weighted by molar-refractivity contribution is -0.138. The van der Waals surface area contributed by atoms with E-state index >= 15 is 0 Å². The van der Waals surface area contributed by atoms with E-state index in [9.17, 15) is 19.2 Å². The number of hydrogen-bond donors (Lipinski definition) is 5. The van der Waals surface area contributed by atoms with Gasteiger partial charge in [-0.05, 0) is 26.7 Å². The molecule has 0 radical (unpaired) electrons. The Hall–Kier alpha value is -2.16. The van der Waals surface area contributed by atoms with Crippen molar-refractivity contribution in [2.45, 2.75) is 51.6 Å². The highest BCUT2D eigenvalue weighted by molar-refractivity contribution is 5.89. The van der Waals surface area contributed by atoms with Crippen LogP contribution in [-0.4, -0.2) is 54.0 Å².